The molecule has 8 heteroatoms. The molecule has 166 valence electrons. The Bertz CT molecular complexity index is 1120. The van der Waals surface area contributed by atoms with Gasteiger partial charge in [0.05, 0.1) is 11.4 Å². The van der Waals surface area contributed by atoms with Gasteiger partial charge in [0.15, 0.2) is 0 Å². The minimum absolute atomic E-state index is 0.0526. The SMILES string of the molecule is CN1CCCc2c3c(cc(OC(F)F)c21)-c1[nH]c(=O)c(C(=O)O)cc1[C@@H](C(C)(C)C)C3. The van der Waals surface area contributed by atoms with E-state index in [0.29, 0.717) is 28.9 Å². The number of pyridine rings is 1. The summed E-state index contributed by atoms with van der Waals surface area (Å²) in [7, 11) is 1.86. The second-order valence-electron chi connectivity index (χ2n) is 9.40. The number of aromatic amines is 1. The van der Waals surface area contributed by atoms with Crippen LogP contribution in [0.5, 0.6) is 5.75 Å². The van der Waals surface area contributed by atoms with Crippen molar-refractivity contribution in [2.24, 2.45) is 5.41 Å². The molecule has 2 aliphatic rings. The summed E-state index contributed by atoms with van der Waals surface area (Å²) in [4.78, 5) is 28.8. The van der Waals surface area contributed by atoms with Crippen molar-refractivity contribution in [1.82, 2.24) is 4.98 Å². The van der Waals surface area contributed by atoms with Crippen LogP contribution < -0.4 is 15.2 Å². The van der Waals surface area contributed by atoms with Crippen LogP contribution in [-0.2, 0) is 12.8 Å². The van der Waals surface area contributed by atoms with E-state index in [1.165, 1.54) is 6.07 Å². The number of rotatable bonds is 3. The highest BCUT2D eigenvalue weighted by molar-refractivity contribution is 5.89. The molecular weight excluding hydrogens is 406 g/mol. The van der Waals surface area contributed by atoms with Crippen LogP contribution in [0, 0.1) is 5.41 Å². The lowest BCUT2D eigenvalue weighted by Crippen LogP contribution is -2.31. The van der Waals surface area contributed by atoms with E-state index in [9.17, 15) is 23.5 Å². The molecule has 1 aromatic heterocycles. The molecule has 0 radical (unpaired) electrons. The summed E-state index contributed by atoms with van der Waals surface area (Å²) in [5, 5.41) is 9.45. The molecule has 6 nitrogen and oxygen atoms in total. The average molecular weight is 432 g/mol. The first kappa shape index (κ1) is 21.3. The molecule has 1 aliphatic heterocycles. The Hall–Kier alpha value is -2.90. The van der Waals surface area contributed by atoms with Crippen LogP contribution >= 0.6 is 0 Å². The Morgan fingerprint density at radius 2 is 2.00 bits per heavy atom. The van der Waals surface area contributed by atoms with Gasteiger partial charge in [-0.15, -0.1) is 0 Å². The van der Waals surface area contributed by atoms with E-state index < -0.39 is 18.1 Å². The van der Waals surface area contributed by atoms with Crippen molar-refractivity contribution in [2.75, 3.05) is 18.5 Å². The van der Waals surface area contributed by atoms with Crippen LogP contribution in [0.4, 0.5) is 14.5 Å². The van der Waals surface area contributed by atoms with E-state index in [4.69, 9.17) is 4.74 Å². The van der Waals surface area contributed by atoms with Gasteiger partial charge in [-0.05, 0) is 59.4 Å². The number of carbonyl (C=O) groups is 1. The summed E-state index contributed by atoms with van der Waals surface area (Å²) in [5.41, 5.74) is 3.23. The smallest absolute Gasteiger partial charge is 0.387 e. The van der Waals surface area contributed by atoms with Crippen LogP contribution in [0.3, 0.4) is 0 Å². The van der Waals surface area contributed by atoms with E-state index in [2.05, 4.69) is 25.8 Å². The molecule has 1 aromatic carbocycles. The normalized spacial score (nSPS) is 17.8. The number of benzene rings is 1. The molecular formula is C23H26F2N2O4. The van der Waals surface area contributed by atoms with Gasteiger partial charge in [0.2, 0.25) is 0 Å². The molecule has 0 spiro atoms. The Morgan fingerprint density at radius 3 is 2.61 bits per heavy atom. The number of H-pyrrole nitrogens is 1. The summed E-state index contributed by atoms with van der Waals surface area (Å²) < 4.78 is 31.3. The van der Waals surface area contributed by atoms with Gasteiger partial charge >= 0.3 is 12.6 Å². The largest absolute Gasteiger partial charge is 0.477 e. The fraction of sp³-hybridized carbons (Fsp3) is 0.478. The van der Waals surface area contributed by atoms with Gasteiger partial charge in [-0.1, -0.05) is 20.8 Å². The molecule has 0 amide bonds. The van der Waals surface area contributed by atoms with E-state index in [0.717, 1.165) is 30.5 Å². The third-order valence-electron chi connectivity index (χ3n) is 6.40. The number of nitrogens with one attached hydrogen (secondary N) is 1. The number of alkyl halides is 2. The monoisotopic (exact) mass is 432 g/mol. The molecule has 0 unspecified atom stereocenters. The molecule has 0 bridgehead atoms. The number of nitrogens with zero attached hydrogens (tertiary/aromatic N) is 1. The van der Waals surface area contributed by atoms with E-state index in [1.807, 2.05) is 11.9 Å². The van der Waals surface area contributed by atoms with Crippen molar-refractivity contribution in [1.29, 1.82) is 0 Å². The van der Waals surface area contributed by atoms with Gasteiger partial charge in [-0.2, -0.15) is 8.78 Å². The zero-order valence-corrected chi connectivity index (χ0v) is 18.0. The molecule has 4 rings (SSSR count). The van der Waals surface area contributed by atoms with Crippen LogP contribution in [0.15, 0.2) is 16.9 Å². The molecule has 2 heterocycles. The van der Waals surface area contributed by atoms with Gasteiger partial charge in [0.25, 0.3) is 5.56 Å². The molecule has 0 saturated carbocycles. The average Bonchev–Trinajstić information content (AvgIpc) is 2.65. The first-order chi connectivity index (χ1) is 14.5. The highest BCUT2D eigenvalue weighted by atomic mass is 19.3. The minimum Gasteiger partial charge on any atom is -0.477 e. The number of fused-ring (bicyclic) bond motifs is 5. The number of aromatic carboxylic acids is 1. The fourth-order valence-electron chi connectivity index (χ4n) is 4.96. The zero-order chi connectivity index (χ0) is 22.7. The summed E-state index contributed by atoms with van der Waals surface area (Å²) in [6, 6.07) is 3.00. The van der Waals surface area contributed by atoms with Gasteiger partial charge < -0.3 is 19.7 Å². The molecule has 2 N–H and O–H groups in total. The zero-order valence-electron chi connectivity index (χ0n) is 18.0. The number of carboxylic acids is 1. The topological polar surface area (TPSA) is 82.6 Å². The summed E-state index contributed by atoms with van der Waals surface area (Å²) >= 11 is 0. The number of halogens is 2. The molecule has 2 aromatic rings. The Labute approximate surface area is 178 Å². The third-order valence-corrected chi connectivity index (χ3v) is 6.40. The lowest BCUT2D eigenvalue weighted by molar-refractivity contribution is -0.0495. The van der Waals surface area contributed by atoms with Crippen LogP contribution in [0.25, 0.3) is 11.3 Å². The van der Waals surface area contributed by atoms with Crippen molar-refractivity contribution < 1.29 is 23.4 Å². The summed E-state index contributed by atoms with van der Waals surface area (Å²) in [6.45, 7) is 3.99. The molecule has 1 atom stereocenters. The van der Waals surface area contributed by atoms with E-state index in [-0.39, 0.29) is 22.6 Å². The lowest BCUT2D eigenvalue weighted by Gasteiger charge is -2.40. The van der Waals surface area contributed by atoms with Gasteiger partial charge in [0.1, 0.15) is 11.3 Å². The second kappa shape index (κ2) is 7.35. The molecule has 0 fully saturated rings. The number of aromatic nitrogens is 1. The first-order valence-corrected chi connectivity index (χ1v) is 10.3. The number of anilines is 1. The summed E-state index contributed by atoms with van der Waals surface area (Å²) in [5.74, 6) is -1.27. The fourth-order valence-corrected chi connectivity index (χ4v) is 4.96. The Morgan fingerprint density at radius 1 is 1.29 bits per heavy atom. The Kier molecular flexibility index (Phi) is 5.06. The number of carboxylic acid groups (broad SMARTS) is 1. The Balaban J connectivity index is 2.05. The maximum atomic E-state index is 13.2. The van der Waals surface area contributed by atoms with Crippen molar-refractivity contribution in [3.63, 3.8) is 0 Å². The van der Waals surface area contributed by atoms with Gasteiger partial charge in [-0.3, -0.25) is 4.79 Å². The van der Waals surface area contributed by atoms with E-state index >= 15 is 0 Å². The van der Waals surface area contributed by atoms with Crippen LogP contribution in [0.1, 0.15) is 60.2 Å². The molecule has 1 aliphatic carbocycles. The lowest BCUT2D eigenvalue weighted by atomic mass is 9.67. The minimum atomic E-state index is -2.98. The standard InChI is InChI=1S/C23H26F2N2O4/c1-23(2,3)16-9-12-11-6-5-7-27(4)19(11)17(31-22(24)25)10-13(12)18-14(16)8-15(21(29)30)20(28)26-18/h8,10,16,22H,5-7,9H2,1-4H3,(H,26,28)(H,29,30)/t16-/m0/s1. The van der Waals surface area contributed by atoms with Crippen LogP contribution in [-0.4, -0.2) is 36.3 Å². The molecule has 0 saturated heterocycles. The quantitative estimate of drug-likeness (QED) is 0.751. The number of hydrogen-bond acceptors (Lipinski definition) is 4. The van der Waals surface area contributed by atoms with Gasteiger partial charge in [-0.25, -0.2) is 4.79 Å². The predicted octanol–water partition coefficient (Wildman–Crippen LogP) is 4.41. The molecule has 31 heavy (non-hydrogen) atoms. The third kappa shape index (κ3) is 3.58. The highest BCUT2D eigenvalue weighted by Crippen LogP contribution is 2.51. The predicted molar refractivity (Wildman–Crippen MR) is 114 cm³/mol. The van der Waals surface area contributed by atoms with Gasteiger partial charge in [0, 0.05) is 19.2 Å². The van der Waals surface area contributed by atoms with Crippen molar-refractivity contribution >= 4 is 11.7 Å². The first-order valence-electron chi connectivity index (χ1n) is 10.3. The van der Waals surface area contributed by atoms with Crippen molar-refractivity contribution in [3.05, 3.63) is 44.7 Å². The van der Waals surface area contributed by atoms with E-state index in [1.54, 1.807) is 6.07 Å². The second-order valence-corrected chi connectivity index (χ2v) is 9.40. The maximum Gasteiger partial charge on any atom is 0.387 e. The summed E-state index contributed by atoms with van der Waals surface area (Å²) in [6.07, 6.45) is 2.24. The maximum absolute atomic E-state index is 13.2. The highest BCUT2D eigenvalue weighted by Gasteiger charge is 2.38. The van der Waals surface area contributed by atoms with Crippen molar-refractivity contribution in [2.45, 2.75) is 52.6 Å². The van der Waals surface area contributed by atoms with Crippen LogP contribution in [0.2, 0.25) is 0 Å². The number of hydrogen-bond donors (Lipinski definition) is 2. The number of ether oxygens (including phenoxy) is 1. The van der Waals surface area contributed by atoms with Crippen molar-refractivity contribution in [3.8, 4) is 17.0 Å².